The molecule has 1 N–H and O–H groups in total. The highest BCUT2D eigenvalue weighted by Gasteiger charge is 2.17. The molecule has 0 saturated heterocycles. The number of hydrogen-bond acceptors (Lipinski definition) is 5. The second-order valence-corrected chi connectivity index (χ2v) is 4.63. The van der Waals surface area contributed by atoms with E-state index in [1.807, 2.05) is 0 Å². The summed E-state index contributed by atoms with van der Waals surface area (Å²) in [5.41, 5.74) is 0. The van der Waals surface area contributed by atoms with Gasteiger partial charge in [-0.3, -0.25) is 0 Å². The van der Waals surface area contributed by atoms with Crippen molar-refractivity contribution in [2.45, 2.75) is 0 Å². The number of amides is 1. The molecule has 0 radical (unpaired) electrons. The maximum Gasteiger partial charge on any atom is 0.423 e. The van der Waals surface area contributed by atoms with E-state index in [4.69, 9.17) is 11.6 Å². The average Bonchev–Trinajstić information content (AvgIpc) is 2.28. The molecule has 0 aromatic heterocycles. The first-order valence-electron chi connectivity index (χ1n) is 4.63. The van der Waals surface area contributed by atoms with Crippen LogP contribution < -0.4 is 8.91 Å². The minimum atomic E-state index is -4.37. The molecule has 0 aliphatic rings. The minimum Gasteiger partial charge on any atom is -0.446 e. The van der Waals surface area contributed by atoms with Gasteiger partial charge in [-0.05, 0) is 24.3 Å². The molecule has 0 fully saturated rings. The van der Waals surface area contributed by atoms with Crippen LogP contribution >= 0.6 is 11.6 Å². The van der Waals surface area contributed by atoms with Crippen molar-refractivity contribution >= 4 is 28.0 Å². The topological polar surface area (TPSA) is 81.7 Å². The van der Waals surface area contributed by atoms with Gasteiger partial charge in [-0.2, -0.15) is 13.1 Å². The molecule has 0 spiro atoms. The van der Waals surface area contributed by atoms with Gasteiger partial charge in [-0.25, -0.2) is 9.18 Å². The number of carbonyl (C=O) groups is 1. The van der Waals surface area contributed by atoms with Crippen LogP contribution in [0.15, 0.2) is 24.3 Å². The minimum absolute atomic E-state index is 0.0369. The molecule has 1 amide bonds. The zero-order chi connectivity index (χ0) is 13.6. The molecule has 0 saturated carbocycles. The molecular formula is C9H9ClFNO5S. The maximum atomic E-state index is 11.7. The van der Waals surface area contributed by atoms with Crippen LogP contribution in [0.2, 0.25) is 5.02 Å². The zero-order valence-corrected chi connectivity index (χ0v) is 10.5. The summed E-state index contributed by atoms with van der Waals surface area (Å²) in [6.07, 6.45) is -1.32. The summed E-state index contributed by atoms with van der Waals surface area (Å²) in [7, 11) is -4.37. The lowest BCUT2D eigenvalue weighted by molar-refractivity contribution is 0.143. The molecule has 18 heavy (non-hydrogen) atoms. The summed E-state index contributed by atoms with van der Waals surface area (Å²) in [4.78, 5) is 10.9. The molecule has 0 atom stereocenters. The molecule has 0 bridgehead atoms. The van der Waals surface area contributed by atoms with Crippen LogP contribution in [0.1, 0.15) is 0 Å². The first-order chi connectivity index (χ1) is 8.43. The van der Waals surface area contributed by atoms with Crippen molar-refractivity contribution in [2.24, 2.45) is 0 Å². The number of hydrogen-bond donors (Lipinski definition) is 1. The Bertz CT molecular complexity index is 504. The lowest BCUT2D eigenvalue weighted by Crippen LogP contribution is -2.34. The second kappa shape index (κ2) is 6.41. The third kappa shape index (κ3) is 5.19. The van der Waals surface area contributed by atoms with Crippen LogP contribution in [0.3, 0.4) is 0 Å². The number of alkyl halides is 1. The number of benzene rings is 1. The number of halogens is 2. The SMILES string of the molecule is O=C(NS(=O)(=O)Oc1ccc(Cl)cc1)OCCF. The average molecular weight is 298 g/mol. The highest BCUT2D eigenvalue weighted by Crippen LogP contribution is 2.16. The first kappa shape index (κ1) is 14.5. The van der Waals surface area contributed by atoms with Gasteiger partial charge in [0.2, 0.25) is 0 Å². The molecule has 0 aliphatic carbocycles. The van der Waals surface area contributed by atoms with E-state index in [0.29, 0.717) is 5.02 Å². The molecule has 0 unspecified atom stereocenters. The first-order valence-corrected chi connectivity index (χ1v) is 6.42. The van der Waals surface area contributed by atoms with E-state index in [-0.39, 0.29) is 5.75 Å². The number of ether oxygens (including phenoxy) is 1. The summed E-state index contributed by atoms with van der Waals surface area (Å²) in [5.74, 6) is -0.0369. The molecule has 0 aliphatic heterocycles. The Morgan fingerprint density at radius 3 is 2.50 bits per heavy atom. The van der Waals surface area contributed by atoms with Crippen LogP contribution in [-0.4, -0.2) is 27.8 Å². The monoisotopic (exact) mass is 297 g/mol. The Labute approximate surface area is 108 Å². The van der Waals surface area contributed by atoms with Crippen molar-refractivity contribution in [1.82, 2.24) is 4.72 Å². The van der Waals surface area contributed by atoms with Gasteiger partial charge in [0.1, 0.15) is 19.0 Å². The van der Waals surface area contributed by atoms with E-state index < -0.39 is 29.7 Å². The molecular weight excluding hydrogens is 289 g/mol. The Balaban J connectivity index is 2.59. The summed E-state index contributed by atoms with van der Waals surface area (Å²) >= 11 is 5.59. The van der Waals surface area contributed by atoms with E-state index in [1.165, 1.54) is 29.0 Å². The van der Waals surface area contributed by atoms with Crippen LogP contribution in [0, 0.1) is 0 Å². The van der Waals surface area contributed by atoms with Crippen molar-refractivity contribution in [2.75, 3.05) is 13.3 Å². The van der Waals surface area contributed by atoms with Crippen LogP contribution in [0.25, 0.3) is 0 Å². The second-order valence-electron chi connectivity index (χ2n) is 2.92. The highest BCUT2D eigenvalue weighted by molar-refractivity contribution is 7.85. The van der Waals surface area contributed by atoms with E-state index in [1.54, 1.807) is 0 Å². The number of carbonyl (C=O) groups excluding carboxylic acids is 1. The predicted molar refractivity (Wildman–Crippen MR) is 61.5 cm³/mol. The normalized spacial score (nSPS) is 10.8. The lowest BCUT2D eigenvalue weighted by atomic mass is 10.3. The zero-order valence-electron chi connectivity index (χ0n) is 8.93. The van der Waals surface area contributed by atoms with Crippen molar-refractivity contribution in [1.29, 1.82) is 0 Å². The van der Waals surface area contributed by atoms with Gasteiger partial charge in [0.25, 0.3) is 0 Å². The summed E-state index contributed by atoms with van der Waals surface area (Å²) in [6.45, 7) is -1.45. The van der Waals surface area contributed by atoms with E-state index >= 15 is 0 Å². The van der Waals surface area contributed by atoms with Gasteiger partial charge >= 0.3 is 16.4 Å². The van der Waals surface area contributed by atoms with Gasteiger partial charge in [0.15, 0.2) is 0 Å². The van der Waals surface area contributed by atoms with Crippen molar-refractivity contribution in [3.63, 3.8) is 0 Å². The van der Waals surface area contributed by atoms with E-state index in [2.05, 4.69) is 8.92 Å². The molecule has 1 aromatic carbocycles. The number of nitrogens with one attached hydrogen (secondary N) is 1. The van der Waals surface area contributed by atoms with Gasteiger partial charge in [0, 0.05) is 5.02 Å². The third-order valence-electron chi connectivity index (χ3n) is 1.54. The number of rotatable bonds is 5. The predicted octanol–water partition coefficient (Wildman–Crippen LogP) is 1.66. The van der Waals surface area contributed by atoms with Crippen molar-refractivity contribution in [3.8, 4) is 5.75 Å². The third-order valence-corrected chi connectivity index (χ3v) is 2.62. The molecule has 0 heterocycles. The Hall–Kier alpha value is -1.54. The van der Waals surface area contributed by atoms with Crippen molar-refractivity contribution < 1.29 is 26.5 Å². The van der Waals surface area contributed by atoms with Gasteiger partial charge in [-0.1, -0.05) is 11.6 Å². The summed E-state index contributed by atoms with van der Waals surface area (Å²) in [5, 5.41) is 0.398. The maximum absolute atomic E-state index is 11.7. The smallest absolute Gasteiger partial charge is 0.423 e. The lowest BCUT2D eigenvalue weighted by Gasteiger charge is -2.07. The Kier molecular flexibility index (Phi) is 5.17. The standard InChI is InChI=1S/C9H9ClFNO5S/c10-7-1-3-8(4-2-7)17-18(14,15)12-9(13)16-6-5-11/h1-4H,5-6H2,(H,12,13). The molecule has 100 valence electrons. The molecule has 1 aromatic rings. The molecule has 6 nitrogen and oxygen atoms in total. The largest absolute Gasteiger partial charge is 0.446 e. The van der Waals surface area contributed by atoms with Gasteiger partial charge < -0.3 is 8.92 Å². The molecule has 1 rings (SSSR count). The Morgan fingerprint density at radius 2 is 1.94 bits per heavy atom. The summed E-state index contributed by atoms with van der Waals surface area (Å²) < 4.78 is 44.4. The van der Waals surface area contributed by atoms with Crippen LogP contribution in [-0.2, 0) is 15.0 Å². The van der Waals surface area contributed by atoms with Crippen LogP contribution in [0.4, 0.5) is 9.18 Å². The highest BCUT2D eigenvalue weighted by atomic mass is 35.5. The quantitative estimate of drug-likeness (QED) is 0.894. The van der Waals surface area contributed by atoms with E-state index in [9.17, 15) is 17.6 Å². The fourth-order valence-corrected chi connectivity index (χ4v) is 1.70. The molecule has 9 heteroatoms. The fourth-order valence-electron chi connectivity index (χ4n) is 0.900. The van der Waals surface area contributed by atoms with Gasteiger partial charge in [-0.15, -0.1) is 0 Å². The van der Waals surface area contributed by atoms with Crippen molar-refractivity contribution in [3.05, 3.63) is 29.3 Å². The fraction of sp³-hybridized carbons (Fsp3) is 0.222. The van der Waals surface area contributed by atoms with Gasteiger partial charge in [0.05, 0.1) is 0 Å². The van der Waals surface area contributed by atoms with E-state index in [0.717, 1.165) is 0 Å². The summed E-state index contributed by atoms with van der Waals surface area (Å²) in [6, 6.07) is 5.42. The van der Waals surface area contributed by atoms with Crippen LogP contribution in [0.5, 0.6) is 5.75 Å². The Morgan fingerprint density at radius 1 is 1.33 bits per heavy atom.